The van der Waals surface area contributed by atoms with E-state index < -0.39 is 0 Å². The first-order chi connectivity index (χ1) is 7.12. The number of hydrogen-bond donors (Lipinski definition) is 0. The van der Waals surface area contributed by atoms with Crippen LogP contribution in [0.5, 0.6) is 0 Å². The van der Waals surface area contributed by atoms with Gasteiger partial charge < -0.3 is 4.79 Å². The molecule has 2 aliphatic rings. The number of hydrogen-bond acceptors (Lipinski definition) is 1. The second kappa shape index (κ2) is 4.11. The molecule has 0 N–H and O–H groups in total. The third-order valence-electron chi connectivity index (χ3n) is 4.08. The van der Waals surface area contributed by atoms with E-state index in [4.69, 9.17) is 0 Å². The molecule has 2 aliphatic carbocycles. The molecule has 1 unspecified atom stereocenters. The van der Waals surface area contributed by atoms with E-state index in [1.165, 1.54) is 37.5 Å². The van der Waals surface area contributed by atoms with Crippen molar-refractivity contribution >= 4 is 6.29 Å². The summed E-state index contributed by atoms with van der Waals surface area (Å²) in [6, 6.07) is 0. The van der Waals surface area contributed by atoms with Crippen LogP contribution in [0.15, 0.2) is 11.6 Å². The van der Waals surface area contributed by atoms with Gasteiger partial charge in [0.15, 0.2) is 0 Å². The van der Waals surface area contributed by atoms with Gasteiger partial charge in [-0.3, -0.25) is 0 Å². The summed E-state index contributed by atoms with van der Waals surface area (Å²) in [5, 5.41) is 0. The molecule has 0 aromatic rings. The van der Waals surface area contributed by atoms with Crippen molar-refractivity contribution in [1.29, 1.82) is 0 Å². The fourth-order valence-corrected chi connectivity index (χ4v) is 3.15. The van der Waals surface area contributed by atoms with Crippen molar-refractivity contribution in [2.24, 2.45) is 17.3 Å². The van der Waals surface area contributed by atoms with E-state index in [-0.39, 0.29) is 5.92 Å². The second-order valence-corrected chi connectivity index (χ2v) is 5.90. The van der Waals surface area contributed by atoms with Gasteiger partial charge in [-0.1, -0.05) is 38.3 Å². The third-order valence-corrected chi connectivity index (χ3v) is 4.08. The molecule has 0 spiro atoms. The fraction of sp³-hybridized carbons (Fsp3) is 0.786. The zero-order valence-corrected chi connectivity index (χ0v) is 9.96. The Kier molecular flexibility index (Phi) is 2.99. The maximum Gasteiger partial charge on any atom is 0.127 e. The zero-order chi connectivity index (χ0) is 10.9. The van der Waals surface area contributed by atoms with Crippen LogP contribution in [0.25, 0.3) is 0 Å². The van der Waals surface area contributed by atoms with Gasteiger partial charge in [0.05, 0.1) is 0 Å². The molecule has 2 rings (SSSR count). The summed E-state index contributed by atoms with van der Waals surface area (Å²) in [5.74, 6) is 0.959. The van der Waals surface area contributed by atoms with Gasteiger partial charge in [0.1, 0.15) is 6.29 Å². The van der Waals surface area contributed by atoms with Gasteiger partial charge in [-0.2, -0.15) is 0 Å². The van der Waals surface area contributed by atoms with Gasteiger partial charge in [-0.15, -0.1) is 0 Å². The average molecular weight is 206 g/mol. The first kappa shape index (κ1) is 10.9. The minimum atomic E-state index is 0.237. The number of allylic oxidation sites excluding steroid dienone is 2. The Hall–Kier alpha value is -0.590. The summed E-state index contributed by atoms with van der Waals surface area (Å²) in [4.78, 5) is 11.1. The Balaban J connectivity index is 2.22. The van der Waals surface area contributed by atoms with Crippen LogP contribution in [0.3, 0.4) is 0 Å². The van der Waals surface area contributed by atoms with Crippen molar-refractivity contribution in [3.63, 3.8) is 0 Å². The normalized spacial score (nSPS) is 31.3. The van der Waals surface area contributed by atoms with Gasteiger partial charge in [-0.05, 0) is 37.0 Å². The lowest BCUT2D eigenvalue weighted by Gasteiger charge is -2.33. The summed E-state index contributed by atoms with van der Waals surface area (Å²) in [6.07, 6.45) is 11.1. The lowest BCUT2D eigenvalue weighted by molar-refractivity contribution is -0.110. The summed E-state index contributed by atoms with van der Waals surface area (Å²) >= 11 is 0. The Morgan fingerprint density at radius 2 is 1.93 bits per heavy atom. The molecule has 0 heterocycles. The van der Waals surface area contributed by atoms with E-state index in [1.807, 2.05) is 0 Å². The van der Waals surface area contributed by atoms with E-state index in [1.54, 1.807) is 0 Å². The molecule has 1 heteroatoms. The van der Waals surface area contributed by atoms with E-state index >= 15 is 0 Å². The van der Waals surface area contributed by atoms with Crippen molar-refractivity contribution < 1.29 is 4.79 Å². The minimum Gasteiger partial charge on any atom is -0.303 e. The van der Waals surface area contributed by atoms with Crippen molar-refractivity contribution in [2.75, 3.05) is 0 Å². The highest BCUT2D eigenvalue weighted by atomic mass is 16.1. The van der Waals surface area contributed by atoms with E-state index in [0.29, 0.717) is 5.41 Å². The summed E-state index contributed by atoms with van der Waals surface area (Å²) in [6.45, 7) is 4.59. The lowest BCUT2D eigenvalue weighted by atomic mass is 9.71. The maximum atomic E-state index is 11.1. The monoisotopic (exact) mass is 206 g/mol. The van der Waals surface area contributed by atoms with Gasteiger partial charge in [0, 0.05) is 5.92 Å². The number of rotatable bonds is 2. The Morgan fingerprint density at radius 3 is 2.53 bits per heavy atom. The zero-order valence-electron chi connectivity index (χ0n) is 9.96. The summed E-state index contributed by atoms with van der Waals surface area (Å²) in [5.41, 5.74) is 1.79. The molecule has 15 heavy (non-hydrogen) atoms. The molecular formula is C14H22O. The molecule has 0 aromatic carbocycles. The number of carbonyl (C=O) groups excluding carboxylic acids is 1. The summed E-state index contributed by atoms with van der Waals surface area (Å²) in [7, 11) is 0. The average Bonchev–Trinajstić information content (AvgIpc) is 2.69. The second-order valence-electron chi connectivity index (χ2n) is 5.90. The van der Waals surface area contributed by atoms with E-state index in [0.717, 1.165) is 18.8 Å². The number of carbonyl (C=O) groups is 1. The molecule has 0 radical (unpaired) electrons. The highest BCUT2D eigenvalue weighted by Crippen LogP contribution is 2.43. The van der Waals surface area contributed by atoms with Gasteiger partial charge in [0.25, 0.3) is 0 Å². The summed E-state index contributed by atoms with van der Waals surface area (Å²) < 4.78 is 0. The molecule has 1 atom stereocenters. The minimum absolute atomic E-state index is 0.237. The predicted molar refractivity (Wildman–Crippen MR) is 62.6 cm³/mol. The fourth-order valence-electron chi connectivity index (χ4n) is 3.15. The Bertz CT molecular complexity index is 269. The standard InChI is InChI=1S/C14H22O/c1-14(2)8-7-12(10-15)13(9-14)11-5-3-4-6-11/h9-12H,3-8H2,1-2H3. The van der Waals surface area contributed by atoms with Crippen molar-refractivity contribution in [3.8, 4) is 0 Å². The maximum absolute atomic E-state index is 11.1. The first-order valence-corrected chi connectivity index (χ1v) is 6.30. The van der Waals surface area contributed by atoms with Crippen molar-refractivity contribution in [3.05, 3.63) is 11.6 Å². The van der Waals surface area contributed by atoms with Gasteiger partial charge >= 0.3 is 0 Å². The topological polar surface area (TPSA) is 17.1 Å². The molecule has 0 bridgehead atoms. The molecule has 1 saturated carbocycles. The molecule has 0 amide bonds. The van der Waals surface area contributed by atoms with Gasteiger partial charge in [-0.25, -0.2) is 0 Å². The van der Waals surface area contributed by atoms with Crippen molar-refractivity contribution in [1.82, 2.24) is 0 Å². The van der Waals surface area contributed by atoms with Crippen LogP contribution in [0.2, 0.25) is 0 Å². The first-order valence-electron chi connectivity index (χ1n) is 6.30. The molecule has 1 fully saturated rings. The Morgan fingerprint density at radius 1 is 1.27 bits per heavy atom. The molecule has 84 valence electrons. The Labute approximate surface area is 92.9 Å². The van der Waals surface area contributed by atoms with Crippen molar-refractivity contribution in [2.45, 2.75) is 52.4 Å². The smallest absolute Gasteiger partial charge is 0.127 e. The van der Waals surface area contributed by atoms with Crippen LogP contribution in [-0.2, 0) is 4.79 Å². The van der Waals surface area contributed by atoms with Crippen LogP contribution in [-0.4, -0.2) is 6.29 Å². The van der Waals surface area contributed by atoms with Crippen LogP contribution >= 0.6 is 0 Å². The molecule has 0 aliphatic heterocycles. The predicted octanol–water partition coefficient (Wildman–Crippen LogP) is 3.74. The largest absolute Gasteiger partial charge is 0.303 e. The van der Waals surface area contributed by atoms with Crippen LogP contribution in [0, 0.1) is 17.3 Å². The number of aldehydes is 1. The SMILES string of the molecule is CC1(C)C=C(C2CCCC2)C(C=O)CC1. The molecule has 0 saturated heterocycles. The van der Waals surface area contributed by atoms with E-state index in [9.17, 15) is 4.79 Å². The van der Waals surface area contributed by atoms with E-state index in [2.05, 4.69) is 19.9 Å². The highest BCUT2D eigenvalue weighted by molar-refractivity contribution is 5.60. The van der Waals surface area contributed by atoms with Crippen LogP contribution < -0.4 is 0 Å². The lowest BCUT2D eigenvalue weighted by Crippen LogP contribution is -2.24. The molecule has 0 aromatic heterocycles. The molecule has 1 nitrogen and oxygen atoms in total. The van der Waals surface area contributed by atoms with Crippen LogP contribution in [0.1, 0.15) is 52.4 Å². The third kappa shape index (κ3) is 2.32. The molecular weight excluding hydrogens is 184 g/mol. The highest BCUT2D eigenvalue weighted by Gasteiger charge is 2.32. The van der Waals surface area contributed by atoms with Crippen LogP contribution in [0.4, 0.5) is 0 Å². The van der Waals surface area contributed by atoms with Gasteiger partial charge in [0.2, 0.25) is 0 Å². The quantitative estimate of drug-likeness (QED) is 0.497.